The average molecular weight is 220 g/mol. The molecular weight excluding hydrogens is 210 g/mol. The van der Waals surface area contributed by atoms with Gasteiger partial charge in [-0.15, -0.1) is 0 Å². The molecule has 0 aliphatic carbocycles. The number of halogens is 1. The Kier molecular flexibility index (Phi) is 2.60. The van der Waals surface area contributed by atoms with Crippen LogP contribution in [0.5, 0.6) is 0 Å². The first-order valence-electron chi connectivity index (χ1n) is 4.62. The number of nitrogens with one attached hydrogen (secondary N) is 1. The molecule has 2 nitrogen and oxygen atoms in total. The van der Waals surface area contributed by atoms with Gasteiger partial charge in [-0.25, -0.2) is 0 Å². The number of aromatic amines is 1. The monoisotopic (exact) mass is 219 g/mol. The highest BCUT2D eigenvalue weighted by Crippen LogP contribution is 2.23. The van der Waals surface area contributed by atoms with Gasteiger partial charge >= 0.3 is 0 Å². The molecule has 1 heterocycles. The molecule has 0 aliphatic heterocycles. The molecule has 0 atom stereocenters. The Morgan fingerprint density at radius 2 is 1.87 bits per heavy atom. The third-order valence-corrected chi connectivity index (χ3v) is 2.70. The highest BCUT2D eigenvalue weighted by atomic mass is 35.5. The topological polar surface area (TPSA) is 32.9 Å². The highest BCUT2D eigenvalue weighted by molar-refractivity contribution is 6.31. The molecule has 0 saturated carbocycles. The zero-order valence-corrected chi connectivity index (χ0v) is 9.01. The van der Waals surface area contributed by atoms with Crippen LogP contribution in [0.3, 0.4) is 0 Å². The molecule has 0 fully saturated rings. The van der Waals surface area contributed by atoms with Crippen molar-refractivity contribution in [2.24, 2.45) is 0 Å². The van der Waals surface area contributed by atoms with Crippen LogP contribution in [0.2, 0.25) is 5.02 Å². The number of aryl methyl sites for hydroxylation is 1. The lowest BCUT2D eigenvalue weighted by Gasteiger charge is -2.03. The molecule has 0 unspecified atom stereocenters. The van der Waals surface area contributed by atoms with E-state index in [-0.39, 0.29) is 5.56 Å². The fourth-order valence-electron chi connectivity index (χ4n) is 1.36. The van der Waals surface area contributed by atoms with Gasteiger partial charge in [0.1, 0.15) is 0 Å². The Bertz CT molecular complexity index is 525. The van der Waals surface area contributed by atoms with E-state index in [0.717, 1.165) is 21.7 Å². The summed E-state index contributed by atoms with van der Waals surface area (Å²) in [6.45, 7) is 1.96. The van der Waals surface area contributed by atoms with Crippen molar-refractivity contribution in [3.63, 3.8) is 0 Å². The maximum Gasteiger partial charge on any atom is 0.247 e. The van der Waals surface area contributed by atoms with Crippen molar-refractivity contribution in [3.8, 4) is 11.1 Å². The quantitative estimate of drug-likeness (QED) is 0.786. The second-order valence-electron chi connectivity index (χ2n) is 3.41. The van der Waals surface area contributed by atoms with E-state index < -0.39 is 0 Å². The normalized spacial score (nSPS) is 10.3. The van der Waals surface area contributed by atoms with Gasteiger partial charge in [-0.1, -0.05) is 23.7 Å². The standard InChI is InChI=1S/C12H10ClNO/c1-8-2-3-9(6-11(8)13)10-4-5-12(15)14-7-10/h2-7H,1H3,(H,14,15). The zero-order chi connectivity index (χ0) is 10.8. The van der Waals surface area contributed by atoms with Crippen LogP contribution in [0.1, 0.15) is 5.56 Å². The Hall–Kier alpha value is -1.54. The van der Waals surface area contributed by atoms with Crippen molar-refractivity contribution in [1.82, 2.24) is 4.98 Å². The van der Waals surface area contributed by atoms with Crippen molar-refractivity contribution >= 4 is 11.6 Å². The van der Waals surface area contributed by atoms with Gasteiger partial charge in [0.2, 0.25) is 5.56 Å². The van der Waals surface area contributed by atoms with Crippen LogP contribution in [-0.2, 0) is 0 Å². The molecule has 0 radical (unpaired) electrons. The van der Waals surface area contributed by atoms with Crippen molar-refractivity contribution < 1.29 is 0 Å². The molecule has 0 bridgehead atoms. The van der Waals surface area contributed by atoms with E-state index in [2.05, 4.69) is 4.98 Å². The molecule has 1 N–H and O–H groups in total. The molecule has 15 heavy (non-hydrogen) atoms. The van der Waals surface area contributed by atoms with Crippen molar-refractivity contribution in [2.45, 2.75) is 6.92 Å². The lowest BCUT2D eigenvalue weighted by atomic mass is 10.1. The molecule has 0 aliphatic rings. The highest BCUT2D eigenvalue weighted by Gasteiger charge is 2.00. The maximum absolute atomic E-state index is 10.9. The van der Waals surface area contributed by atoms with Crippen LogP contribution in [0.25, 0.3) is 11.1 Å². The second-order valence-corrected chi connectivity index (χ2v) is 3.81. The number of hydrogen-bond acceptors (Lipinski definition) is 1. The van der Waals surface area contributed by atoms with E-state index in [1.165, 1.54) is 6.07 Å². The minimum atomic E-state index is -0.100. The third-order valence-electron chi connectivity index (χ3n) is 2.29. The van der Waals surface area contributed by atoms with Gasteiger partial charge in [-0.05, 0) is 35.7 Å². The predicted octanol–water partition coefficient (Wildman–Crippen LogP) is 3.00. The summed E-state index contributed by atoms with van der Waals surface area (Å²) >= 11 is 6.02. The van der Waals surface area contributed by atoms with Gasteiger partial charge in [0, 0.05) is 17.3 Å². The van der Waals surface area contributed by atoms with Gasteiger partial charge in [0.05, 0.1) is 0 Å². The molecule has 1 aromatic carbocycles. The van der Waals surface area contributed by atoms with E-state index >= 15 is 0 Å². The van der Waals surface area contributed by atoms with Gasteiger partial charge in [0.15, 0.2) is 0 Å². The molecule has 2 rings (SSSR count). The smallest absolute Gasteiger partial charge is 0.247 e. The first kappa shape index (κ1) is 9.99. The van der Waals surface area contributed by atoms with Crippen LogP contribution < -0.4 is 5.56 Å². The van der Waals surface area contributed by atoms with Crippen molar-refractivity contribution in [1.29, 1.82) is 0 Å². The number of rotatable bonds is 1. The lowest BCUT2D eigenvalue weighted by Crippen LogP contribution is -2.01. The first-order valence-corrected chi connectivity index (χ1v) is 5.00. The summed E-state index contributed by atoms with van der Waals surface area (Å²) in [5.74, 6) is 0. The van der Waals surface area contributed by atoms with E-state index in [9.17, 15) is 4.79 Å². The maximum atomic E-state index is 10.9. The number of aromatic nitrogens is 1. The SMILES string of the molecule is Cc1ccc(-c2ccc(=O)[nH]c2)cc1Cl. The second kappa shape index (κ2) is 3.91. The minimum Gasteiger partial charge on any atom is -0.328 e. The van der Waals surface area contributed by atoms with Gasteiger partial charge < -0.3 is 4.98 Å². The molecule has 0 spiro atoms. The summed E-state index contributed by atoms with van der Waals surface area (Å²) in [5.41, 5.74) is 2.90. The third kappa shape index (κ3) is 2.10. The van der Waals surface area contributed by atoms with Gasteiger partial charge in [-0.3, -0.25) is 4.79 Å². The fourth-order valence-corrected chi connectivity index (χ4v) is 1.54. The average Bonchev–Trinajstić information content (AvgIpc) is 2.23. The number of benzene rings is 1. The molecule has 0 amide bonds. The van der Waals surface area contributed by atoms with Crippen LogP contribution in [0.4, 0.5) is 0 Å². The Morgan fingerprint density at radius 1 is 1.13 bits per heavy atom. The summed E-state index contributed by atoms with van der Waals surface area (Å²) in [7, 11) is 0. The fraction of sp³-hybridized carbons (Fsp3) is 0.0833. The van der Waals surface area contributed by atoms with Crippen molar-refractivity contribution in [3.05, 3.63) is 57.5 Å². The van der Waals surface area contributed by atoms with E-state index in [0.29, 0.717) is 0 Å². The predicted molar refractivity (Wildman–Crippen MR) is 62.2 cm³/mol. The van der Waals surface area contributed by atoms with Crippen LogP contribution in [-0.4, -0.2) is 4.98 Å². The number of pyridine rings is 1. The van der Waals surface area contributed by atoms with Crippen LogP contribution >= 0.6 is 11.6 Å². The molecule has 1 aromatic heterocycles. The number of H-pyrrole nitrogens is 1. The van der Waals surface area contributed by atoms with E-state index in [4.69, 9.17) is 11.6 Å². The Labute approximate surface area is 92.5 Å². The van der Waals surface area contributed by atoms with Crippen molar-refractivity contribution in [2.75, 3.05) is 0 Å². The summed E-state index contributed by atoms with van der Waals surface area (Å²) < 4.78 is 0. The first-order chi connectivity index (χ1) is 7.16. The summed E-state index contributed by atoms with van der Waals surface area (Å²) in [5, 5.41) is 0.735. The molecule has 0 saturated heterocycles. The van der Waals surface area contributed by atoms with E-state index in [1.807, 2.05) is 25.1 Å². The largest absolute Gasteiger partial charge is 0.328 e. The van der Waals surface area contributed by atoms with Crippen LogP contribution in [0.15, 0.2) is 41.3 Å². The van der Waals surface area contributed by atoms with Gasteiger partial charge in [0.25, 0.3) is 0 Å². The summed E-state index contributed by atoms with van der Waals surface area (Å²) in [4.78, 5) is 13.5. The Balaban J connectivity index is 2.50. The summed E-state index contributed by atoms with van der Waals surface area (Å²) in [6, 6.07) is 9.12. The van der Waals surface area contributed by atoms with Gasteiger partial charge in [-0.2, -0.15) is 0 Å². The number of hydrogen-bond donors (Lipinski definition) is 1. The molecule has 3 heteroatoms. The minimum absolute atomic E-state index is 0.100. The van der Waals surface area contributed by atoms with E-state index in [1.54, 1.807) is 12.3 Å². The van der Waals surface area contributed by atoms with Crippen LogP contribution in [0, 0.1) is 6.92 Å². The Morgan fingerprint density at radius 3 is 2.47 bits per heavy atom. The summed E-state index contributed by atoms with van der Waals surface area (Å²) in [6.07, 6.45) is 1.68. The lowest BCUT2D eigenvalue weighted by molar-refractivity contribution is 1.24. The molecule has 2 aromatic rings. The zero-order valence-electron chi connectivity index (χ0n) is 8.25. The molecular formula is C12H10ClNO. The molecule has 76 valence electrons.